The SMILES string of the molecule is CCC(C(=O)O)C(NC)c1ccc(OC)cc1OC. The highest BCUT2D eigenvalue weighted by atomic mass is 16.5. The fourth-order valence-electron chi connectivity index (χ4n) is 2.20. The predicted molar refractivity (Wildman–Crippen MR) is 72.8 cm³/mol. The fourth-order valence-corrected chi connectivity index (χ4v) is 2.20. The summed E-state index contributed by atoms with van der Waals surface area (Å²) in [7, 11) is 4.89. The molecular weight excluding hydrogens is 246 g/mol. The molecule has 2 atom stereocenters. The van der Waals surface area contributed by atoms with Crippen molar-refractivity contribution in [1.82, 2.24) is 5.32 Å². The van der Waals surface area contributed by atoms with Crippen LogP contribution < -0.4 is 14.8 Å². The summed E-state index contributed by atoms with van der Waals surface area (Å²) in [5.41, 5.74) is 0.819. The summed E-state index contributed by atoms with van der Waals surface area (Å²) in [4.78, 5) is 11.3. The lowest BCUT2D eigenvalue weighted by atomic mass is 9.90. The maximum atomic E-state index is 11.3. The number of hydrogen-bond donors (Lipinski definition) is 2. The summed E-state index contributed by atoms with van der Waals surface area (Å²) in [6.07, 6.45) is 0.538. The Bertz CT molecular complexity index is 433. The quantitative estimate of drug-likeness (QED) is 0.791. The second-order valence-electron chi connectivity index (χ2n) is 4.23. The molecule has 0 saturated heterocycles. The molecule has 2 N–H and O–H groups in total. The Morgan fingerprint density at radius 2 is 2.05 bits per heavy atom. The number of hydrogen-bond acceptors (Lipinski definition) is 4. The summed E-state index contributed by atoms with van der Waals surface area (Å²) in [5, 5.41) is 12.4. The smallest absolute Gasteiger partial charge is 0.308 e. The summed E-state index contributed by atoms with van der Waals surface area (Å²) in [6.45, 7) is 1.86. The number of carboxylic acids is 1. The van der Waals surface area contributed by atoms with E-state index in [-0.39, 0.29) is 6.04 Å². The van der Waals surface area contributed by atoms with Crippen LogP contribution >= 0.6 is 0 Å². The number of aliphatic carboxylic acids is 1. The van der Waals surface area contributed by atoms with E-state index in [0.29, 0.717) is 17.9 Å². The van der Waals surface area contributed by atoms with E-state index in [0.717, 1.165) is 5.56 Å². The second-order valence-corrected chi connectivity index (χ2v) is 4.23. The molecule has 0 amide bonds. The molecule has 1 aromatic carbocycles. The number of carbonyl (C=O) groups is 1. The molecule has 0 aromatic heterocycles. The minimum Gasteiger partial charge on any atom is -0.497 e. The van der Waals surface area contributed by atoms with Crippen LogP contribution in [0.1, 0.15) is 24.9 Å². The van der Waals surface area contributed by atoms with Gasteiger partial charge in [0.1, 0.15) is 11.5 Å². The standard InChI is InChI=1S/C14H21NO4/c1-5-10(14(16)17)13(15-2)11-7-6-9(18-3)8-12(11)19-4/h6-8,10,13,15H,5H2,1-4H3,(H,16,17). The number of benzene rings is 1. The Balaban J connectivity index is 3.20. The fraction of sp³-hybridized carbons (Fsp3) is 0.500. The lowest BCUT2D eigenvalue weighted by Crippen LogP contribution is -2.30. The number of rotatable bonds is 7. The van der Waals surface area contributed by atoms with Crippen LogP contribution in [0.4, 0.5) is 0 Å². The van der Waals surface area contributed by atoms with Gasteiger partial charge in [-0.25, -0.2) is 0 Å². The molecule has 0 aliphatic rings. The van der Waals surface area contributed by atoms with E-state index in [2.05, 4.69) is 5.32 Å². The van der Waals surface area contributed by atoms with Crippen LogP contribution in [0.2, 0.25) is 0 Å². The Morgan fingerprint density at radius 3 is 2.47 bits per heavy atom. The number of ether oxygens (including phenoxy) is 2. The molecule has 106 valence electrons. The van der Waals surface area contributed by atoms with Crippen molar-refractivity contribution in [2.24, 2.45) is 5.92 Å². The minimum absolute atomic E-state index is 0.302. The van der Waals surface area contributed by atoms with E-state index in [1.54, 1.807) is 33.4 Å². The Hall–Kier alpha value is -1.75. The van der Waals surface area contributed by atoms with Crippen LogP contribution in [0.5, 0.6) is 11.5 Å². The van der Waals surface area contributed by atoms with Crippen molar-refractivity contribution in [3.05, 3.63) is 23.8 Å². The largest absolute Gasteiger partial charge is 0.497 e. The zero-order valence-corrected chi connectivity index (χ0v) is 11.8. The van der Waals surface area contributed by atoms with Crippen LogP contribution in [0.25, 0.3) is 0 Å². The molecule has 0 saturated carbocycles. The molecule has 1 aromatic rings. The molecule has 2 unspecified atom stereocenters. The number of nitrogens with one attached hydrogen (secondary N) is 1. The summed E-state index contributed by atoms with van der Waals surface area (Å²) in [5.74, 6) is -0.0238. The molecular formula is C14H21NO4. The first-order valence-corrected chi connectivity index (χ1v) is 6.21. The average molecular weight is 267 g/mol. The second kappa shape index (κ2) is 6.99. The van der Waals surface area contributed by atoms with Gasteiger partial charge in [-0.3, -0.25) is 4.79 Å². The normalized spacial score (nSPS) is 13.7. The zero-order valence-electron chi connectivity index (χ0n) is 11.8. The zero-order chi connectivity index (χ0) is 14.4. The van der Waals surface area contributed by atoms with Gasteiger partial charge in [0.15, 0.2) is 0 Å². The average Bonchev–Trinajstić information content (AvgIpc) is 2.43. The van der Waals surface area contributed by atoms with Gasteiger partial charge in [-0.05, 0) is 19.5 Å². The van der Waals surface area contributed by atoms with Gasteiger partial charge >= 0.3 is 5.97 Å². The highest BCUT2D eigenvalue weighted by molar-refractivity contribution is 5.71. The van der Waals surface area contributed by atoms with Crippen molar-refractivity contribution in [3.8, 4) is 11.5 Å². The van der Waals surface area contributed by atoms with Gasteiger partial charge in [-0.1, -0.05) is 13.0 Å². The first-order chi connectivity index (χ1) is 9.08. The monoisotopic (exact) mass is 267 g/mol. The van der Waals surface area contributed by atoms with Crippen molar-refractivity contribution < 1.29 is 19.4 Å². The molecule has 0 bridgehead atoms. The van der Waals surface area contributed by atoms with Crippen LogP contribution in [0, 0.1) is 5.92 Å². The third-order valence-corrected chi connectivity index (χ3v) is 3.25. The Kier molecular flexibility index (Phi) is 5.63. The molecule has 0 radical (unpaired) electrons. The molecule has 19 heavy (non-hydrogen) atoms. The lowest BCUT2D eigenvalue weighted by molar-refractivity contribution is -0.143. The first kappa shape index (κ1) is 15.3. The molecule has 5 heteroatoms. The maximum Gasteiger partial charge on any atom is 0.308 e. The van der Waals surface area contributed by atoms with Crippen molar-refractivity contribution >= 4 is 5.97 Å². The highest BCUT2D eigenvalue weighted by Gasteiger charge is 2.28. The van der Waals surface area contributed by atoms with E-state index in [4.69, 9.17) is 9.47 Å². The molecule has 0 aliphatic heterocycles. The summed E-state index contributed by atoms with van der Waals surface area (Å²) < 4.78 is 10.5. The third kappa shape index (κ3) is 3.38. The van der Waals surface area contributed by atoms with Gasteiger partial charge in [-0.2, -0.15) is 0 Å². The van der Waals surface area contributed by atoms with Crippen molar-refractivity contribution in [2.75, 3.05) is 21.3 Å². The van der Waals surface area contributed by atoms with E-state index in [1.165, 1.54) is 0 Å². The Morgan fingerprint density at radius 1 is 1.37 bits per heavy atom. The first-order valence-electron chi connectivity index (χ1n) is 6.21. The van der Waals surface area contributed by atoms with Crippen molar-refractivity contribution in [3.63, 3.8) is 0 Å². The van der Waals surface area contributed by atoms with E-state index >= 15 is 0 Å². The number of methoxy groups -OCH3 is 2. The molecule has 1 rings (SSSR count). The highest BCUT2D eigenvalue weighted by Crippen LogP contribution is 2.34. The van der Waals surface area contributed by atoms with Gasteiger partial charge < -0.3 is 19.9 Å². The Labute approximate surface area is 113 Å². The van der Waals surface area contributed by atoms with Crippen molar-refractivity contribution in [1.29, 1.82) is 0 Å². The molecule has 5 nitrogen and oxygen atoms in total. The predicted octanol–water partition coefficient (Wildman–Crippen LogP) is 2.08. The molecule has 0 heterocycles. The number of carboxylic acid groups (broad SMARTS) is 1. The third-order valence-electron chi connectivity index (χ3n) is 3.25. The van der Waals surface area contributed by atoms with Crippen LogP contribution in [-0.2, 0) is 4.79 Å². The van der Waals surface area contributed by atoms with Gasteiger partial charge in [0.25, 0.3) is 0 Å². The summed E-state index contributed by atoms with van der Waals surface area (Å²) >= 11 is 0. The van der Waals surface area contributed by atoms with Gasteiger partial charge in [-0.15, -0.1) is 0 Å². The van der Waals surface area contributed by atoms with Gasteiger partial charge in [0.2, 0.25) is 0 Å². The van der Waals surface area contributed by atoms with Gasteiger partial charge in [0, 0.05) is 17.7 Å². The molecule has 0 aliphatic carbocycles. The van der Waals surface area contributed by atoms with E-state index in [1.807, 2.05) is 13.0 Å². The maximum absolute atomic E-state index is 11.3. The molecule has 0 spiro atoms. The lowest BCUT2D eigenvalue weighted by Gasteiger charge is -2.25. The van der Waals surface area contributed by atoms with E-state index < -0.39 is 11.9 Å². The van der Waals surface area contributed by atoms with Crippen molar-refractivity contribution in [2.45, 2.75) is 19.4 Å². The van der Waals surface area contributed by atoms with Crippen LogP contribution in [0.3, 0.4) is 0 Å². The molecule has 0 fully saturated rings. The van der Waals surface area contributed by atoms with Gasteiger partial charge in [0.05, 0.1) is 20.1 Å². The topological polar surface area (TPSA) is 67.8 Å². The van der Waals surface area contributed by atoms with Crippen LogP contribution in [0.15, 0.2) is 18.2 Å². The summed E-state index contributed by atoms with van der Waals surface area (Å²) in [6, 6.07) is 5.10. The minimum atomic E-state index is -0.820. The van der Waals surface area contributed by atoms with E-state index in [9.17, 15) is 9.90 Å². The van der Waals surface area contributed by atoms with Crippen LogP contribution in [-0.4, -0.2) is 32.3 Å².